The molecule has 1 aromatic carbocycles. The molecule has 0 spiro atoms. The number of benzene rings is 1. The van der Waals surface area contributed by atoms with E-state index in [4.69, 9.17) is 0 Å². The molecular weight excluding hydrogens is 629 g/mol. The quantitative estimate of drug-likeness (QED) is 0.391. The van der Waals surface area contributed by atoms with E-state index in [2.05, 4.69) is 10.3 Å². The Kier molecular flexibility index (Phi) is 9.92. The van der Waals surface area contributed by atoms with E-state index < -0.39 is 65.1 Å². The van der Waals surface area contributed by atoms with Crippen molar-refractivity contribution in [1.29, 1.82) is 0 Å². The van der Waals surface area contributed by atoms with E-state index in [9.17, 15) is 50.2 Å². The van der Waals surface area contributed by atoms with Gasteiger partial charge >= 0.3 is 30.5 Å². The number of anilines is 1. The molecule has 5 amide bonds. The average Bonchev–Trinajstić information content (AvgIpc) is 3.45. The molecule has 0 unspecified atom stereocenters. The zero-order valence-electron chi connectivity index (χ0n) is 25.1. The maximum atomic E-state index is 13.7. The summed E-state index contributed by atoms with van der Waals surface area (Å²) >= 11 is 0. The second kappa shape index (κ2) is 13.2. The molecule has 2 heterocycles. The Bertz CT molecular complexity index is 1400. The van der Waals surface area contributed by atoms with E-state index in [0.29, 0.717) is 48.4 Å². The number of nitrogens with one attached hydrogen (secondary N) is 1. The first-order chi connectivity index (χ1) is 21.4. The van der Waals surface area contributed by atoms with Crippen LogP contribution in [0.2, 0.25) is 0 Å². The number of hydrogen-bond acceptors (Lipinski definition) is 4. The highest BCUT2D eigenvalue weighted by Crippen LogP contribution is 2.39. The molecule has 0 radical (unpaired) electrons. The zero-order valence-corrected chi connectivity index (χ0v) is 25.1. The summed E-state index contributed by atoms with van der Waals surface area (Å²) in [5.74, 6) is -1.31. The molecule has 1 saturated heterocycles. The van der Waals surface area contributed by atoms with Gasteiger partial charge in [0.05, 0.1) is 23.4 Å². The van der Waals surface area contributed by atoms with Gasteiger partial charge in [-0.3, -0.25) is 9.88 Å². The number of alkyl halides is 6. The summed E-state index contributed by atoms with van der Waals surface area (Å²) < 4.78 is 94.4. The van der Waals surface area contributed by atoms with Gasteiger partial charge in [0.1, 0.15) is 5.82 Å². The topological polar surface area (TPSA) is 109 Å². The van der Waals surface area contributed by atoms with Crippen LogP contribution in [0.4, 0.5) is 50.8 Å². The molecule has 10 nitrogen and oxygen atoms in total. The third-order valence-corrected chi connectivity index (χ3v) is 8.63. The van der Waals surface area contributed by atoms with Crippen LogP contribution in [0.5, 0.6) is 0 Å². The Balaban J connectivity index is 1.54. The standard InChI is InChI=1S/C29H33F7N6O4/c1-39(21-11-16(28(31,32)33)10-17(12-21)29(34,35)36)26(44)41(3)24-15-42(14-22(24)23-9-4-18(30)13-37-23)25(43)38-19-5-7-20(8-6-19)40(2)27(45)46/h4,9-13,19-20,22,24H,5-8,14-15H2,1-3H3,(H,38,43)(H,45,46)/t19?,20?,22-,24+/m0/s1. The van der Waals surface area contributed by atoms with Crippen LogP contribution < -0.4 is 10.2 Å². The first-order valence-corrected chi connectivity index (χ1v) is 14.3. The van der Waals surface area contributed by atoms with Gasteiger partial charge in [-0.2, -0.15) is 26.3 Å². The van der Waals surface area contributed by atoms with Gasteiger partial charge in [-0.15, -0.1) is 0 Å². The molecule has 252 valence electrons. The number of carbonyl (C=O) groups is 3. The smallest absolute Gasteiger partial charge is 0.416 e. The van der Waals surface area contributed by atoms with Gasteiger partial charge in [-0.1, -0.05) is 0 Å². The van der Waals surface area contributed by atoms with E-state index in [1.807, 2.05) is 0 Å². The van der Waals surface area contributed by atoms with Crippen molar-refractivity contribution in [2.24, 2.45) is 0 Å². The number of pyridine rings is 1. The monoisotopic (exact) mass is 662 g/mol. The van der Waals surface area contributed by atoms with Crippen LogP contribution in [-0.4, -0.2) is 95.3 Å². The van der Waals surface area contributed by atoms with Gasteiger partial charge in [0, 0.05) is 63.6 Å². The number of likely N-dealkylation sites (tertiary alicyclic amines) is 1. The largest absolute Gasteiger partial charge is 0.465 e. The molecule has 2 aliphatic rings. The number of rotatable bonds is 5. The van der Waals surface area contributed by atoms with Crippen molar-refractivity contribution in [1.82, 2.24) is 25.0 Å². The number of likely N-dealkylation sites (N-methyl/N-ethyl adjacent to an activating group) is 1. The molecule has 1 aliphatic heterocycles. The van der Waals surface area contributed by atoms with Crippen LogP contribution in [0.3, 0.4) is 0 Å². The maximum absolute atomic E-state index is 13.7. The summed E-state index contributed by atoms with van der Waals surface area (Å²) in [5.41, 5.74) is -3.49. The van der Waals surface area contributed by atoms with Crippen molar-refractivity contribution in [3.63, 3.8) is 0 Å². The van der Waals surface area contributed by atoms with Crippen LogP contribution in [0, 0.1) is 5.82 Å². The summed E-state index contributed by atoms with van der Waals surface area (Å²) in [6.07, 6.45) is -8.21. The number of nitrogens with zero attached hydrogens (tertiary/aromatic N) is 5. The van der Waals surface area contributed by atoms with Gasteiger partial charge < -0.3 is 25.1 Å². The van der Waals surface area contributed by atoms with Crippen molar-refractivity contribution in [3.05, 3.63) is 59.2 Å². The summed E-state index contributed by atoms with van der Waals surface area (Å²) in [7, 11) is 3.83. The van der Waals surface area contributed by atoms with E-state index in [1.54, 1.807) is 0 Å². The summed E-state index contributed by atoms with van der Waals surface area (Å²) in [6.45, 7) is -0.0472. The fourth-order valence-corrected chi connectivity index (χ4v) is 5.89. The van der Waals surface area contributed by atoms with Gasteiger partial charge in [0.15, 0.2) is 0 Å². The molecule has 4 rings (SSSR count). The van der Waals surface area contributed by atoms with Gasteiger partial charge in [0.2, 0.25) is 0 Å². The minimum atomic E-state index is -5.12. The van der Waals surface area contributed by atoms with E-state index in [1.165, 1.54) is 30.0 Å². The number of aromatic nitrogens is 1. The lowest BCUT2D eigenvalue weighted by atomic mass is 9.90. The van der Waals surface area contributed by atoms with E-state index in [0.717, 1.165) is 24.2 Å². The lowest BCUT2D eigenvalue weighted by Crippen LogP contribution is -2.50. The summed E-state index contributed by atoms with van der Waals surface area (Å²) in [6, 6.07) is 0.660. The second-order valence-electron chi connectivity index (χ2n) is 11.5. The Morgan fingerprint density at radius 1 is 0.891 bits per heavy atom. The van der Waals surface area contributed by atoms with Crippen molar-refractivity contribution in [2.45, 2.75) is 62.1 Å². The molecule has 46 heavy (non-hydrogen) atoms. The lowest BCUT2D eigenvalue weighted by Gasteiger charge is -2.34. The normalized spacial score (nSPS) is 21.9. The molecule has 2 atom stereocenters. The van der Waals surface area contributed by atoms with Crippen LogP contribution in [0.15, 0.2) is 36.5 Å². The number of urea groups is 2. The molecule has 2 aromatic rings. The van der Waals surface area contributed by atoms with Crippen molar-refractivity contribution >= 4 is 23.8 Å². The number of carbonyl (C=O) groups excluding carboxylic acids is 2. The van der Waals surface area contributed by atoms with E-state index in [-0.39, 0.29) is 31.2 Å². The van der Waals surface area contributed by atoms with Crippen LogP contribution >= 0.6 is 0 Å². The van der Waals surface area contributed by atoms with Crippen LogP contribution in [0.25, 0.3) is 0 Å². The van der Waals surface area contributed by atoms with Gasteiger partial charge in [-0.25, -0.2) is 18.8 Å². The highest BCUT2D eigenvalue weighted by Gasteiger charge is 2.43. The summed E-state index contributed by atoms with van der Waals surface area (Å²) in [5, 5.41) is 12.1. The molecule has 0 bridgehead atoms. The molecule has 2 fully saturated rings. The first-order valence-electron chi connectivity index (χ1n) is 14.3. The Hall–Kier alpha value is -4.31. The van der Waals surface area contributed by atoms with Gasteiger partial charge in [0.25, 0.3) is 0 Å². The highest BCUT2D eigenvalue weighted by atomic mass is 19.4. The fraction of sp³-hybridized carbons (Fsp3) is 0.517. The van der Waals surface area contributed by atoms with Crippen molar-refractivity contribution in [3.8, 4) is 0 Å². The Labute approximate surface area is 259 Å². The average molecular weight is 663 g/mol. The predicted octanol–water partition coefficient (Wildman–Crippen LogP) is 5.84. The lowest BCUT2D eigenvalue weighted by molar-refractivity contribution is -0.143. The molecule has 1 aromatic heterocycles. The number of carboxylic acid groups (broad SMARTS) is 1. The number of amides is 5. The van der Waals surface area contributed by atoms with Gasteiger partial charge in [-0.05, 0) is 56.0 Å². The van der Waals surface area contributed by atoms with Crippen LogP contribution in [-0.2, 0) is 12.4 Å². The third kappa shape index (κ3) is 7.73. The second-order valence-corrected chi connectivity index (χ2v) is 11.5. The minimum Gasteiger partial charge on any atom is -0.465 e. The van der Waals surface area contributed by atoms with E-state index >= 15 is 0 Å². The molecular formula is C29H33F7N6O4. The van der Waals surface area contributed by atoms with Crippen molar-refractivity contribution < 1.29 is 50.2 Å². The molecule has 1 saturated carbocycles. The van der Waals surface area contributed by atoms with Crippen molar-refractivity contribution in [2.75, 3.05) is 39.1 Å². The SMILES string of the molecule is CN(C(=O)N(C)[C@@H]1CN(C(=O)NC2CCC(N(C)C(=O)O)CC2)C[C@H]1c1ccc(F)cn1)c1cc(C(F)(F)F)cc(C(F)(F)F)c1. The summed E-state index contributed by atoms with van der Waals surface area (Å²) in [4.78, 5) is 46.7. The zero-order chi connectivity index (χ0) is 34.1. The minimum absolute atomic E-state index is 0.0232. The number of hydrogen-bond donors (Lipinski definition) is 2. The third-order valence-electron chi connectivity index (χ3n) is 8.63. The number of halogens is 7. The Morgan fingerprint density at radius 3 is 1.98 bits per heavy atom. The fourth-order valence-electron chi connectivity index (χ4n) is 5.89. The maximum Gasteiger partial charge on any atom is 0.416 e. The molecule has 17 heteroatoms. The highest BCUT2D eigenvalue weighted by molar-refractivity contribution is 5.92. The molecule has 2 N–H and O–H groups in total. The first kappa shape index (κ1) is 34.6. The predicted molar refractivity (Wildman–Crippen MR) is 151 cm³/mol. The van der Waals surface area contributed by atoms with Crippen LogP contribution in [0.1, 0.15) is 48.4 Å². The Morgan fingerprint density at radius 2 is 1.48 bits per heavy atom. The molecule has 1 aliphatic carbocycles.